The van der Waals surface area contributed by atoms with Crippen LogP contribution in [-0.2, 0) is 4.74 Å². The Bertz CT molecular complexity index is 1580. The minimum Gasteiger partial charge on any atom is -0.462 e. The van der Waals surface area contributed by atoms with Crippen molar-refractivity contribution < 1.29 is 14.3 Å². The van der Waals surface area contributed by atoms with Gasteiger partial charge in [0.15, 0.2) is 0 Å². The lowest BCUT2D eigenvalue weighted by Gasteiger charge is -2.04. The number of hydrogen-bond acceptors (Lipinski definition) is 5. The average Bonchev–Trinajstić information content (AvgIpc) is 3.43. The molecule has 3 aromatic heterocycles. The molecule has 180 valence electrons. The highest BCUT2D eigenvalue weighted by molar-refractivity contribution is 8.01. The van der Waals surface area contributed by atoms with Crippen molar-refractivity contribution in [1.82, 2.24) is 4.40 Å². The summed E-state index contributed by atoms with van der Waals surface area (Å²) in [5.74, 6) is 0.142. The molecule has 4 nitrogen and oxygen atoms in total. The Morgan fingerprint density at radius 1 is 1.03 bits per heavy atom. The van der Waals surface area contributed by atoms with Gasteiger partial charge >= 0.3 is 5.97 Å². The third-order valence-corrected chi connectivity index (χ3v) is 8.31. The largest absolute Gasteiger partial charge is 0.462 e. The first-order chi connectivity index (χ1) is 17.6. The van der Waals surface area contributed by atoms with E-state index in [0.29, 0.717) is 32.2 Å². The summed E-state index contributed by atoms with van der Waals surface area (Å²) in [7, 11) is 0. The quantitative estimate of drug-likeness (QED) is 0.115. The first-order valence-corrected chi connectivity index (χ1v) is 13.6. The summed E-state index contributed by atoms with van der Waals surface area (Å²) < 4.78 is 8.38. The van der Waals surface area contributed by atoms with Gasteiger partial charge in [0, 0.05) is 27.9 Å². The van der Waals surface area contributed by atoms with E-state index in [9.17, 15) is 9.59 Å². The third kappa shape index (κ3) is 4.72. The Morgan fingerprint density at radius 2 is 1.78 bits per heavy atom. The fourth-order valence-electron chi connectivity index (χ4n) is 4.09. The molecular weight excluding hydrogens is 510 g/mol. The predicted molar refractivity (Wildman–Crippen MR) is 150 cm³/mol. The van der Waals surface area contributed by atoms with Gasteiger partial charge in [-0.3, -0.25) is 4.79 Å². The molecule has 0 fully saturated rings. The second-order valence-electron chi connectivity index (χ2n) is 7.95. The van der Waals surface area contributed by atoms with Gasteiger partial charge in [0.25, 0.3) is 0 Å². The van der Waals surface area contributed by atoms with E-state index in [-0.39, 0.29) is 12.4 Å². The molecule has 0 radical (unpaired) electrons. The number of carbonyl (C=O) groups excluding carboxylic acids is 2. The molecule has 0 aliphatic rings. The van der Waals surface area contributed by atoms with Crippen LogP contribution in [0.2, 0.25) is 5.02 Å². The van der Waals surface area contributed by atoms with Crippen molar-refractivity contribution in [3.8, 4) is 0 Å². The lowest BCUT2D eigenvalue weighted by atomic mass is 10.1. The molecule has 5 aromatic rings. The van der Waals surface area contributed by atoms with Crippen molar-refractivity contribution in [2.24, 2.45) is 0 Å². The summed E-state index contributed by atoms with van der Waals surface area (Å²) in [6, 6.07) is 22.6. The molecule has 2 aromatic carbocycles. The van der Waals surface area contributed by atoms with E-state index in [0.717, 1.165) is 20.8 Å². The van der Waals surface area contributed by atoms with Crippen LogP contribution in [0.15, 0.2) is 89.3 Å². The zero-order valence-electron chi connectivity index (χ0n) is 19.4. The molecule has 0 amide bonds. The molecule has 36 heavy (non-hydrogen) atoms. The molecule has 0 aliphatic carbocycles. The third-order valence-electron chi connectivity index (χ3n) is 5.67. The molecule has 0 spiro atoms. The number of aromatic nitrogens is 1. The number of thiophene rings is 1. The van der Waals surface area contributed by atoms with E-state index in [1.807, 2.05) is 47.0 Å². The number of benzene rings is 2. The fraction of sp³-hybridized carbons (Fsp3) is 0.103. The Hall–Kier alpha value is -3.32. The molecular formula is C29H22ClNO3S2. The van der Waals surface area contributed by atoms with Crippen LogP contribution in [0.3, 0.4) is 0 Å². The molecule has 0 saturated heterocycles. The van der Waals surface area contributed by atoms with E-state index in [4.69, 9.17) is 16.3 Å². The van der Waals surface area contributed by atoms with Gasteiger partial charge < -0.3 is 9.14 Å². The number of fused-ring (bicyclic) bond motifs is 3. The predicted octanol–water partition coefficient (Wildman–Crippen LogP) is 8.02. The van der Waals surface area contributed by atoms with Crippen molar-refractivity contribution in [3.05, 3.63) is 112 Å². The number of nitrogens with zero attached hydrogens (tertiary/aromatic N) is 1. The van der Waals surface area contributed by atoms with E-state index in [1.54, 1.807) is 43.0 Å². The fourth-order valence-corrected chi connectivity index (χ4v) is 6.58. The van der Waals surface area contributed by atoms with Crippen LogP contribution >= 0.6 is 34.7 Å². The van der Waals surface area contributed by atoms with Crippen molar-refractivity contribution >= 4 is 68.9 Å². The normalized spacial score (nSPS) is 11.5. The number of halogens is 1. The highest BCUT2D eigenvalue weighted by Crippen LogP contribution is 2.44. The Kier molecular flexibility index (Phi) is 7.28. The molecule has 0 unspecified atom stereocenters. The Balaban J connectivity index is 1.64. The molecule has 0 atom stereocenters. The highest BCUT2D eigenvalue weighted by Gasteiger charge is 2.29. The monoisotopic (exact) mass is 531 g/mol. The number of ketones is 1. The summed E-state index contributed by atoms with van der Waals surface area (Å²) in [6.45, 7) is 2.03. The topological polar surface area (TPSA) is 47.8 Å². The van der Waals surface area contributed by atoms with E-state index >= 15 is 0 Å². The van der Waals surface area contributed by atoms with Gasteiger partial charge in [0.2, 0.25) is 5.78 Å². The first kappa shape index (κ1) is 24.4. The second-order valence-corrected chi connectivity index (χ2v) is 10.7. The highest BCUT2D eigenvalue weighted by atomic mass is 35.5. The Morgan fingerprint density at radius 3 is 2.53 bits per heavy atom. The first-order valence-electron chi connectivity index (χ1n) is 11.5. The molecule has 0 saturated carbocycles. The van der Waals surface area contributed by atoms with Crippen LogP contribution in [-0.4, -0.2) is 28.5 Å². The number of pyridine rings is 1. The summed E-state index contributed by atoms with van der Waals surface area (Å²) >= 11 is 9.11. The lowest BCUT2D eigenvalue weighted by Crippen LogP contribution is -2.06. The van der Waals surface area contributed by atoms with E-state index in [2.05, 4.69) is 24.3 Å². The summed E-state index contributed by atoms with van der Waals surface area (Å²) in [4.78, 5) is 27.4. The van der Waals surface area contributed by atoms with Crippen LogP contribution in [0.4, 0.5) is 0 Å². The maximum atomic E-state index is 13.7. The van der Waals surface area contributed by atoms with Gasteiger partial charge in [-0.15, -0.1) is 23.1 Å². The van der Waals surface area contributed by atoms with Gasteiger partial charge in [-0.05, 0) is 48.9 Å². The summed E-state index contributed by atoms with van der Waals surface area (Å²) in [5, 5.41) is 1.20. The zero-order chi connectivity index (χ0) is 25.1. The molecule has 5 rings (SSSR count). The smallest absolute Gasteiger partial charge is 0.341 e. The number of thioether (sulfide) groups is 1. The number of esters is 1. The van der Waals surface area contributed by atoms with Crippen molar-refractivity contribution in [2.75, 3.05) is 12.4 Å². The standard InChI is InChI=1S/C29H22ClNO3S2/c1-2-34-28(33)23-22-12-6-7-17-31(22)25-24(23)27(26(32)20-13-15-21(30)16-14-20)36-29(25)35-18-8-11-19-9-4-3-5-10-19/h3-17H,2,18H2,1H3/b11-8+. The second kappa shape index (κ2) is 10.7. The summed E-state index contributed by atoms with van der Waals surface area (Å²) in [6.07, 6.45) is 6.11. The SMILES string of the molecule is CCOC(=O)c1c2c(C(=O)c3ccc(Cl)cc3)sc(SC/C=C/c3ccccc3)c2n2ccccc12. The van der Waals surface area contributed by atoms with Crippen molar-refractivity contribution in [3.63, 3.8) is 0 Å². The number of hydrogen-bond donors (Lipinski definition) is 0. The maximum Gasteiger partial charge on any atom is 0.341 e. The van der Waals surface area contributed by atoms with Crippen molar-refractivity contribution in [2.45, 2.75) is 11.1 Å². The minimum atomic E-state index is -0.431. The van der Waals surface area contributed by atoms with Crippen LogP contribution < -0.4 is 0 Å². The van der Waals surface area contributed by atoms with Gasteiger partial charge in [-0.25, -0.2) is 4.79 Å². The number of rotatable bonds is 8. The van der Waals surface area contributed by atoms with Crippen LogP contribution in [0.1, 0.15) is 38.1 Å². The molecule has 7 heteroatoms. The van der Waals surface area contributed by atoms with Gasteiger partial charge in [0.1, 0.15) is 0 Å². The Labute approximate surface area is 222 Å². The van der Waals surface area contributed by atoms with Crippen LogP contribution in [0, 0.1) is 0 Å². The number of carbonyl (C=O) groups is 2. The summed E-state index contributed by atoms with van der Waals surface area (Å²) in [5.41, 5.74) is 3.65. The van der Waals surface area contributed by atoms with Crippen LogP contribution in [0.5, 0.6) is 0 Å². The lowest BCUT2D eigenvalue weighted by molar-refractivity contribution is 0.0531. The number of ether oxygens (including phenoxy) is 1. The molecule has 0 bridgehead atoms. The van der Waals surface area contributed by atoms with Gasteiger partial charge in [-0.1, -0.05) is 60.2 Å². The molecule has 3 heterocycles. The van der Waals surface area contributed by atoms with Crippen LogP contribution in [0.25, 0.3) is 22.5 Å². The average molecular weight is 532 g/mol. The maximum absolute atomic E-state index is 13.7. The van der Waals surface area contributed by atoms with E-state index in [1.165, 1.54) is 11.3 Å². The van der Waals surface area contributed by atoms with Crippen molar-refractivity contribution in [1.29, 1.82) is 0 Å². The van der Waals surface area contributed by atoms with E-state index < -0.39 is 5.97 Å². The van der Waals surface area contributed by atoms with Gasteiger partial charge in [0.05, 0.1) is 32.3 Å². The molecule has 0 aliphatic heterocycles. The zero-order valence-corrected chi connectivity index (χ0v) is 21.8. The molecule has 0 N–H and O–H groups in total. The minimum absolute atomic E-state index is 0.144. The van der Waals surface area contributed by atoms with Gasteiger partial charge in [-0.2, -0.15) is 0 Å².